The van der Waals surface area contributed by atoms with Gasteiger partial charge in [0.25, 0.3) is 18.3 Å². The van der Waals surface area contributed by atoms with Crippen molar-refractivity contribution in [2.24, 2.45) is 17.8 Å². The zero-order chi connectivity index (χ0) is 39.7. The number of amides is 2. The van der Waals surface area contributed by atoms with E-state index in [1.165, 1.54) is 16.3 Å². The summed E-state index contributed by atoms with van der Waals surface area (Å²) in [4.78, 5) is 51.6. The highest BCUT2D eigenvalue weighted by atomic mass is 16.3. The van der Waals surface area contributed by atoms with Gasteiger partial charge in [0.15, 0.2) is 0 Å². The van der Waals surface area contributed by atoms with Gasteiger partial charge in [0.1, 0.15) is 18.1 Å². The van der Waals surface area contributed by atoms with Crippen LogP contribution in [0.5, 0.6) is 0 Å². The number of carbonyl (C=O) groups excluding carboxylic acids is 3. The van der Waals surface area contributed by atoms with Gasteiger partial charge < -0.3 is 20.5 Å². The normalized spacial score (nSPS) is 16.0. The number of benzene rings is 3. The lowest BCUT2D eigenvalue weighted by Gasteiger charge is -2.36. The Balaban J connectivity index is 0.00000217. The van der Waals surface area contributed by atoms with Crippen LogP contribution in [0.2, 0.25) is 0 Å². The second-order valence-corrected chi connectivity index (χ2v) is 14.4. The van der Waals surface area contributed by atoms with Gasteiger partial charge in [-0.1, -0.05) is 87.9 Å². The Hall–Kier alpha value is -5.17. The van der Waals surface area contributed by atoms with E-state index in [0.29, 0.717) is 25.2 Å². The highest BCUT2D eigenvalue weighted by molar-refractivity contribution is 5.87. The molecule has 12 heteroatoms. The molecule has 55 heavy (non-hydrogen) atoms. The Morgan fingerprint density at radius 1 is 1.00 bits per heavy atom. The molecule has 2 heterocycles. The van der Waals surface area contributed by atoms with E-state index in [0.717, 1.165) is 55.1 Å². The second kappa shape index (κ2) is 21.7. The molecule has 1 fully saturated rings. The van der Waals surface area contributed by atoms with Gasteiger partial charge >= 0.3 is 0 Å². The largest absolute Gasteiger partial charge is 0.483 e. The number of pyridine rings is 1. The quantitative estimate of drug-likeness (QED) is 0.0514. The van der Waals surface area contributed by atoms with E-state index in [1.54, 1.807) is 17.1 Å². The van der Waals surface area contributed by atoms with E-state index in [4.69, 9.17) is 14.9 Å². The van der Waals surface area contributed by atoms with Gasteiger partial charge in [0, 0.05) is 31.4 Å². The van der Waals surface area contributed by atoms with E-state index < -0.39 is 6.04 Å². The molecule has 5 rings (SSSR count). The number of rotatable bonds is 17. The molecule has 0 bridgehead atoms. The van der Waals surface area contributed by atoms with Gasteiger partial charge in [0.05, 0.1) is 11.6 Å². The van der Waals surface area contributed by atoms with Gasteiger partial charge in [-0.15, -0.1) is 0 Å². The van der Waals surface area contributed by atoms with E-state index >= 15 is 0 Å². The van der Waals surface area contributed by atoms with Crippen LogP contribution in [0.1, 0.15) is 64.0 Å². The molecule has 0 radical (unpaired) electrons. The minimum atomic E-state index is -0.544. The van der Waals surface area contributed by atoms with Crippen LogP contribution in [-0.4, -0.2) is 78.9 Å². The molecule has 1 aliphatic rings. The van der Waals surface area contributed by atoms with Crippen LogP contribution in [0.15, 0.2) is 78.9 Å². The van der Waals surface area contributed by atoms with E-state index in [9.17, 15) is 14.4 Å². The third-order valence-electron chi connectivity index (χ3n) is 10.1. The van der Waals surface area contributed by atoms with Gasteiger partial charge in [0.2, 0.25) is 0 Å². The molecule has 294 valence electrons. The van der Waals surface area contributed by atoms with Crippen LogP contribution in [-0.2, 0) is 25.7 Å². The number of hydrogen-bond donors (Lipinski definition) is 5. The summed E-state index contributed by atoms with van der Waals surface area (Å²) in [5.74, 6) is 0.703. The Morgan fingerprint density at radius 2 is 1.73 bits per heavy atom. The van der Waals surface area contributed by atoms with Crippen LogP contribution in [0.25, 0.3) is 27.8 Å². The average Bonchev–Trinajstić information content (AvgIpc) is 3.19. The molecular formula is C43H57N7O5. The molecule has 5 N–H and O–H groups in total. The molecule has 0 aliphatic carbocycles. The number of likely N-dealkylation sites (N-methyl/N-ethyl adjacent to an activating group) is 1. The summed E-state index contributed by atoms with van der Waals surface area (Å²) in [6.45, 7) is 8.19. The fourth-order valence-corrected chi connectivity index (χ4v) is 6.89. The minimum absolute atomic E-state index is 0.0297. The molecule has 12 nitrogen and oxygen atoms in total. The first kappa shape index (κ1) is 42.6. The number of hydrogen-bond acceptors (Lipinski definition) is 9. The molecule has 1 saturated heterocycles. The molecule has 0 spiro atoms. The summed E-state index contributed by atoms with van der Waals surface area (Å²) >= 11 is 0. The van der Waals surface area contributed by atoms with E-state index in [-0.39, 0.29) is 42.1 Å². The van der Waals surface area contributed by atoms with Crippen molar-refractivity contribution < 1.29 is 24.3 Å². The smallest absolute Gasteiger partial charge is 0.290 e. The van der Waals surface area contributed by atoms with Crippen molar-refractivity contribution in [1.82, 2.24) is 31.5 Å². The van der Waals surface area contributed by atoms with Crippen molar-refractivity contribution >= 4 is 58.1 Å². The first-order valence-electron chi connectivity index (χ1n) is 19.2. The van der Waals surface area contributed by atoms with Gasteiger partial charge in [-0.2, -0.15) is 0 Å². The lowest BCUT2D eigenvalue weighted by atomic mass is 9.85. The summed E-state index contributed by atoms with van der Waals surface area (Å²) in [6, 6.07) is 24.0. The molecule has 4 unspecified atom stereocenters. The van der Waals surface area contributed by atoms with Crippen molar-refractivity contribution in [2.75, 3.05) is 32.2 Å². The fraction of sp³-hybridized carbons (Fsp3) is 0.419. The highest BCUT2D eigenvalue weighted by Gasteiger charge is 2.31. The number of carbonyl (C=O) groups is 4. The summed E-state index contributed by atoms with van der Waals surface area (Å²) in [6.07, 6.45) is 9.09. The lowest BCUT2D eigenvalue weighted by molar-refractivity contribution is -0.141. The number of aldehydes is 1. The molecular weight excluding hydrogens is 695 g/mol. The maximum Gasteiger partial charge on any atom is 0.290 e. The van der Waals surface area contributed by atoms with Gasteiger partial charge in [-0.3, -0.25) is 29.8 Å². The summed E-state index contributed by atoms with van der Waals surface area (Å²) in [5, 5.41) is 20.3. The van der Waals surface area contributed by atoms with E-state index in [1.807, 2.05) is 43.5 Å². The standard InChI is InChI=1S/C42H55N7O3.CH2O2/c1-29(2)36(28-50)30(3)15-16-31-17-20-34-21-22-40(45-39(34)26-31)48(5)47-41(51)37-14-10-24-49(46-37)42(52)38(43-4)13-8-9-23-44-27-32-18-19-33-11-6-7-12-35(33)25-32;2-1-3/h6-7,11-12,15-22,25-26,28-30,36-38,43-44,46H,8-10,13-14,23-24,27H2,1-5H3,(H,47,51);1H,(H,2,3)/b16-15+;. The third kappa shape index (κ3) is 12.4. The number of aromatic nitrogens is 1. The molecule has 0 saturated carbocycles. The predicted molar refractivity (Wildman–Crippen MR) is 220 cm³/mol. The van der Waals surface area contributed by atoms with E-state index in [2.05, 4.69) is 90.8 Å². The Labute approximate surface area is 324 Å². The monoisotopic (exact) mass is 751 g/mol. The molecule has 1 aromatic heterocycles. The molecule has 1 aliphatic heterocycles. The zero-order valence-electron chi connectivity index (χ0n) is 32.7. The Bertz CT molecular complexity index is 1900. The number of allylic oxidation sites excluding steroid dienone is 1. The van der Waals surface area contributed by atoms with Gasteiger partial charge in [-0.05, 0) is 97.3 Å². The first-order chi connectivity index (χ1) is 26.6. The van der Waals surface area contributed by atoms with Crippen molar-refractivity contribution in [2.45, 2.75) is 71.5 Å². The lowest BCUT2D eigenvalue weighted by Crippen LogP contribution is -2.61. The fourth-order valence-electron chi connectivity index (χ4n) is 6.89. The number of fused-ring (bicyclic) bond motifs is 2. The number of anilines is 1. The Kier molecular flexibility index (Phi) is 16.8. The minimum Gasteiger partial charge on any atom is -0.483 e. The van der Waals surface area contributed by atoms with Crippen molar-refractivity contribution in [1.29, 1.82) is 0 Å². The average molecular weight is 752 g/mol. The maximum absolute atomic E-state index is 13.5. The second-order valence-electron chi connectivity index (χ2n) is 14.4. The van der Waals surface area contributed by atoms with Crippen LogP contribution < -0.4 is 26.5 Å². The van der Waals surface area contributed by atoms with Crippen LogP contribution in [0, 0.1) is 17.8 Å². The summed E-state index contributed by atoms with van der Waals surface area (Å²) in [7, 11) is 3.58. The maximum atomic E-state index is 13.5. The van der Waals surface area contributed by atoms with Crippen molar-refractivity contribution in [3.05, 3.63) is 90.0 Å². The molecule has 2 amide bonds. The molecule has 4 atom stereocenters. The predicted octanol–water partition coefficient (Wildman–Crippen LogP) is 5.72. The highest BCUT2D eigenvalue weighted by Crippen LogP contribution is 2.23. The van der Waals surface area contributed by atoms with Crippen molar-refractivity contribution in [3.8, 4) is 0 Å². The third-order valence-corrected chi connectivity index (χ3v) is 10.1. The van der Waals surface area contributed by atoms with Crippen LogP contribution in [0.4, 0.5) is 5.82 Å². The number of carboxylic acid groups (broad SMARTS) is 1. The van der Waals surface area contributed by atoms with Gasteiger partial charge in [-0.25, -0.2) is 10.4 Å². The zero-order valence-corrected chi connectivity index (χ0v) is 32.7. The number of nitrogens with zero attached hydrogens (tertiary/aromatic N) is 3. The Morgan fingerprint density at radius 3 is 2.45 bits per heavy atom. The molecule has 3 aromatic carbocycles. The van der Waals surface area contributed by atoms with Crippen LogP contribution in [0.3, 0.4) is 0 Å². The SMILES string of the molecule is CNC(CCCCNCc1ccc2ccccc2c1)C(=O)N1CCCC(C(=O)NN(C)c2ccc3ccc(/C=C/C(C)C(C=O)C(C)C)cc3n2)N1.O=CO. The first-order valence-corrected chi connectivity index (χ1v) is 19.2. The van der Waals surface area contributed by atoms with Crippen LogP contribution >= 0.6 is 0 Å². The summed E-state index contributed by atoms with van der Waals surface area (Å²) < 4.78 is 0. The van der Waals surface area contributed by atoms with Crippen molar-refractivity contribution in [3.63, 3.8) is 0 Å². The topological polar surface area (TPSA) is 156 Å². The number of unbranched alkanes of at least 4 members (excludes halogenated alkanes) is 1. The summed E-state index contributed by atoms with van der Waals surface area (Å²) in [5.41, 5.74) is 9.20. The molecule has 4 aromatic rings. The number of nitrogens with one attached hydrogen (secondary N) is 4. The number of hydrazine groups is 2.